The molecule has 290 valence electrons. The molecule has 0 fully saturated rings. The second kappa shape index (κ2) is 32.1. The molecule has 0 radical (unpaired) electrons. The number of rotatable bonds is 32. The van der Waals surface area contributed by atoms with E-state index in [0.717, 1.165) is 19.3 Å². The Balaban J connectivity index is 2.09. The van der Waals surface area contributed by atoms with Crippen molar-refractivity contribution in [2.24, 2.45) is 0 Å². The quantitative estimate of drug-likeness (QED) is 0.0210. The topological polar surface area (TPSA) is 125 Å². The van der Waals surface area contributed by atoms with Gasteiger partial charge in [-0.2, -0.15) is 0 Å². The molecule has 0 aromatic rings. The third-order valence-corrected chi connectivity index (χ3v) is 10.8. The first-order valence-electron chi connectivity index (χ1n) is 20.9. The Kier molecular flexibility index (Phi) is 30.4. The highest BCUT2D eigenvalue weighted by atomic mass is 32.1. The van der Waals surface area contributed by atoms with E-state index >= 15 is 0 Å². The highest BCUT2D eigenvalue weighted by Crippen LogP contribution is 2.18. The van der Waals surface area contributed by atoms with Gasteiger partial charge >= 0.3 is 0 Å². The summed E-state index contributed by atoms with van der Waals surface area (Å²) in [6.45, 7) is 4.47. The van der Waals surface area contributed by atoms with Gasteiger partial charge in [-0.05, 0) is 32.1 Å². The first-order chi connectivity index (χ1) is 23.8. The second-order valence-electron chi connectivity index (χ2n) is 15.1. The molecule has 0 saturated carbocycles. The summed E-state index contributed by atoms with van der Waals surface area (Å²) < 4.78 is 0. The number of unbranched alkanes of at least 4 members (excludes halogenated alkanes) is 22. The van der Waals surface area contributed by atoms with E-state index in [1.165, 1.54) is 135 Å². The Morgan fingerprint density at radius 2 is 1.06 bits per heavy atom. The minimum atomic E-state index is -1.25. The van der Waals surface area contributed by atoms with Crippen molar-refractivity contribution in [1.29, 1.82) is 0 Å². The lowest BCUT2D eigenvalue weighted by Crippen LogP contribution is -2.56. The molecule has 0 aromatic carbocycles. The van der Waals surface area contributed by atoms with Crippen LogP contribution in [0.2, 0.25) is 0 Å². The van der Waals surface area contributed by atoms with Crippen molar-refractivity contribution in [3.63, 3.8) is 0 Å². The van der Waals surface area contributed by atoms with Crippen LogP contribution in [0.25, 0.3) is 0 Å². The number of hydrogen-bond donors (Lipinski definition) is 7. The van der Waals surface area contributed by atoms with E-state index < -0.39 is 42.6 Å². The summed E-state index contributed by atoms with van der Waals surface area (Å²) in [4.78, 5) is 0.703. The fraction of sp³-hybridized carbons (Fsp3) is 0.927. The van der Waals surface area contributed by atoms with Gasteiger partial charge in [0, 0.05) is 19.0 Å². The first-order valence-corrected chi connectivity index (χ1v) is 21.3. The number of hydrogen-bond acceptors (Lipinski definition) is 7. The van der Waals surface area contributed by atoms with Crippen LogP contribution in [0.3, 0.4) is 0 Å². The largest absolute Gasteiger partial charge is 0.393 e. The Morgan fingerprint density at radius 3 is 1.51 bits per heavy atom. The summed E-state index contributed by atoms with van der Waals surface area (Å²) in [5.74, 6) is 0. The maximum atomic E-state index is 10.9. The van der Waals surface area contributed by atoms with Crippen molar-refractivity contribution in [1.82, 2.24) is 10.6 Å². The molecule has 7 nitrogen and oxygen atoms in total. The number of aliphatic hydroxyl groups excluding tert-OH is 5. The molecule has 0 saturated heterocycles. The zero-order valence-electron chi connectivity index (χ0n) is 31.8. The van der Waals surface area contributed by atoms with Crippen LogP contribution >= 0.6 is 12.2 Å². The van der Waals surface area contributed by atoms with Crippen LogP contribution in [-0.2, 0) is 0 Å². The monoisotopic (exact) mass is 713 g/mol. The van der Waals surface area contributed by atoms with Gasteiger partial charge in [-0.3, -0.25) is 0 Å². The fourth-order valence-corrected chi connectivity index (χ4v) is 7.24. The molecule has 0 aliphatic heterocycles. The molecule has 1 aliphatic rings. The summed E-state index contributed by atoms with van der Waals surface area (Å²) in [5.41, 5.74) is 0. The fourth-order valence-electron chi connectivity index (χ4n) is 6.95. The highest BCUT2D eigenvalue weighted by molar-refractivity contribution is 7.80. The Hall–Kier alpha value is -0.610. The molecular weight excluding hydrogens is 633 g/mol. The molecule has 49 heavy (non-hydrogen) atoms. The molecule has 0 bridgehead atoms. The molecule has 7 unspecified atom stereocenters. The van der Waals surface area contributed by atoms with Crippen molar-refractivity contribution in [2.45, 2.75) is 236 Å². The van der Waals surface area contributed by atoms with Gasteiger partial charge in [-0.15, -0.1) is 0 Å². The van der Waals surface area contributed by atoms with Crippen LogP contribution < -0.4 is 10.6 Å². The van der Waals surface area contributed by atoms with E-state index in [4.69, 9.17) is 12.2 Å². The Labute approximate surface area is 307 Å². The smallest absolute Gasteiger partial charge is 0.108 e. The molecule has 0 heterocycles. The van der Waals surface area contributed by atoms with Crippen molar-refractivity contribution < 1.29 is 25.5 Å². The van der Waals surface area contributed by atoms with Crippen molar-refractivity contribution in [2.75, 3.05) is 6.54 Å². The average Bonchev–Trinajstić information content (AvgIpc) is 3.09. The molecule has 1 aliphatic carbocycles. The molecule has 7 atom stereocenters. The van der Waals surface area contributed by atoms with Gasteiger partial charge in [0.05, 0.1) is 35.4 Å². The molecular formula is C41H80N2O5S. The maximum Gasteiger partial charge on any atom is 0.108 e. The number of nitrogens with one attached hydrogen (secondary N) is 2. The molecule has 8 heteroatoms. The molecule has 0 spiro atoms. The lowest BCUT2D eigenvalue weighted by molar-refractivity contribution is -0.0722. The number of thiocarbonyl (C=S) groups is 1. The van der Waals surface area contributed by atoms with Crippen molar-refractivity contribution >= 4 is 17.2 Å². The van der Waals surface area contributed by atoms with E-state index in [1.807, 2.05) is 19.1 Å². The van der Waals surface area contributed by atoms with Crippen molar-refractivity contribution in [3.8, 4) is 0 Å². The minimum Gasteiger partial charge on any atom is -0.393 e. The van der Waals surface area contributed by atoms with E-state index in [9.17, 15) is 25.5 Å². The molecule has 0 aromatic heterocycles. The number of aliphatic hydroxyl groups is 5. The zero-order valence-corrected chi connectivity index (χ0v) is 32.7. The van der Waals surface area contributed by atoms with Gasteiger partial charge in [0.1, 0.15) is 6.10 Å². The lowest BCUT2D eigenvalue weighted by atomic mass is 9.93. The van der Waals surface area contributed by atoms with Gasteiger partial charge in [-0.25, -0.2) is 0 Å². The van der Waals surface area contributed by atoms with Gasteiger partial charge in [0.25, 0.3) is 0 Å². The van der Waals surface area contributed by atoms with E-state index in [-0.39, 0.29) is 6.42 Å². The van der Waals surface area contributed by atoms with Crippen LogP contribution in [0, 0.1) is 0 Å². The minimum absolute atomic E-state index is 0.229. The van der Waals surface area contributed by atoms with Crippen LogP contribution in [0.4, 0.5) is 0 Å². The lowest BCUT2D eigenvalue weighted by Gasteiger charge is -2.33. The Morgan fingerprint density at radius 1 is 0.633 bits per heavy atom. The predicted molar refractivity (Wildman–Crippen MR) is 211 cm³/mol. The molecule has 0 amide bonds. The van der Waals surface area contributed by atoms with Crippen molar-refractivity contribution in [3.05, 3.63) is 12.2 Å². The zero-order chi connectivity index (χ0) is 36.0. The summed E-state index contributed by atoms with van der Waals surface area (Å²) in [6.07, 6.45) is 32.6. The van der Waals surface area contributed by atoms with Crippen LogP contribution in [0.15, 0.2) is 12.2 Å². The maximum absolute atomic E-state index is 10.9. The standard InChI is InChI=1S/C41H80N2O5S/c1-3-5-6-7-8-9-10-11-12-13-14-15-16-17-18-19-20-21-22-23-24-25-26-31-39(49)43-36(38(46)32-34(44)4-2)33-42-35-29-27-28-30-37(45)41(48)40(35)47/h27-28,34-38,40-42,44-48H,3-26,29-33H2,1-2H3,(H,43,49). The first kappa shape index (κ1) is 46.4. The average molecular weight is 713 g/mol. The SMILES string of the molecule is CCCCCCCCCCCCCCCCCCCCCCCCCC(=S)NC(CNC1CC=CCC(O)C(O)C1O)C(O)CC(O)CC. The van der Waals surface area contributed by atoms with Gasteiger partial charge in [0.15, 0.2) is 0 Å². The van der Waals surface area contributed by atoms with Gasteiger partial charge in [-0.1, -0.05) is 179 Å². The summed E-state index contributed by atoms with van der Waals surface area (Å²) in [7, 11) is 0. The summed E-state index contributed by atoms with van der Waals surface area (Å²) in [6, 6.07) is -0.923. The highest BCUT2D eigenvalue weighted by Gasteiger charge is 2.32. The normalized spacial score (nSPS) is 21.6. The molecule has 7 N–H and O–H groups in total. The summed E-state index contributed by atoms with van der Waals surface area (Å²) in [5, 5.41) is 58.6. The Bertz CT molecular complexity index is 787. The third kappa shape index (κ3) is 25.1. The van der Waals surface area contributed by atoms with Crippen LogP contribution in [0.5, 0.6) is 0 Å². The third-order valence-electron chi connectivity index (χ3n) is 10.5. The van der Waals surface area contributed by atoms with Gasteiger partial charge in [0.2, 0.25) is 0 Å². The van der Waals surface area contributed by atoms with E-state index in [2.05, 4.69) is 17.6 Å². The summed E-state index contributed by atoms with van der Waals surface area (Å²) >= 11 is 5.65. The molecule has 1 rings (SSSR count). The van der Waals surface area contributed by atoms with Crippen LogP contribution in [0.1, 0.15) is 194 Å². The predicted octanol–water partition coefficient (Wildman–Crippen LogP) is 8.57. The van der Waals surface area contributed by atoms with Crippen LogP contribution in [-0.4, -0.2) is 79.7 Å². The van der Waals surface area contributed by atoms with Gasteiger partial charge < -0.3 is 36.2 Å². The van der Waals surface area contributed by atoms with E-state index in [1.54, 1.807) is 0 Å². The second-order valence-corrected chi connectivity index (χ2v) is 15.6. The van der Waals surface area contributed by atoms with E-state index in [0.29, 0.717) is 30.8 Å².